The molecular formula is C26H36N6O6. The van der Waals surface area contributed by atoms with E-state index >= 15 is 0 Å². The van der Waals surface area contributed by atoms with E-state index in [-0.39, 0.29) is 31.1 Å². The van der Waals surface area contributed by atoms with Crippen LogP contribution in [0.5, 0.6) is 5.75 Å². The van der Waals surface area contributed by atoms with Crippen molar-refractivity contribution in [2.75, 3.05) is 6.54 Å². The van der Waals surface area contributed by atoms with E-state index in [1.54, 1.807) is 12.1 Å². The Bertz CT molecular complexity index is 1100. The molecule has 3 amide bonds. The molecule has 2 heterocycles. The number of nitrogens with one attached hydrogen (secondary N) is 3. The number of hydrogen-bond acceptors (Lipinski definition) is 7. The summed E-state index contributed by atoms with van der Waals surface area (Å²) in [7, 11) is 0. The molecular weight excluding hydrogens is 492 g/mol. The Morgan fingerprint density at radius 2 is 1.79 bits per heavy atom. The van der Waals surface area contributed by atoms with E-state index in [0.717, 1.165) is 5.56 Å². The molecule has 1 aliphatic heterocycles. The van der Waals surface area contributed by atoms with Gasteiger partial charge in [0.2, 0.25) is 17.7 Å². The lowest BCUT2D eigenvalue weighted by Gasteiger charge is -2.29. The minimum absolute atomic E-state index is 0.0381. The molecule has 0 saturated carbocycles. The summed E-state index contributed by atoms with van der Waals surface area (Å²) in [5.41, 5.74) is 7.44. The predicted molar refractivity (Wildman–Crippen MR) is 138 cm³/mol. The van der Waals surface area contributed by atoms with Crippen molar-refractivity contribution < 1.29 is 29.4 Å². The fourth-order valence-electron chi connectivity index (χ4n) is 4.54. The summed E-state index contributed by atoms with van der Waals surface area (Å²) < 4.78 is 0. The van der Waals surface area contributed by atoms with Crippen LogP contribution in [-0.4, -0.2) is 79.5 Å². The Labute approximate surface area is 221 Å². The molecule has 2 aromatic rings. The summed E-state index contributed by atoms with van der Waals surface area (Å²) in [5, 5.41) is 24.4. The molecule has 12 nitrogen and oxygen atoms in total. The first-order valence-electron chi connectivity index (χ1n) is 12.7. The van der Waals surface area contributed by atoms with E-state index in [2.05, 4.69) is 20.6 Å². The molecule has 1 saturated heterocycles. The number of aromatic hydroxyl groups is 1. The number of nitrogens with zero attached hydrogens (tertiary/aromatic N) is 2. The Kier molecular flexibility index (Phi) is 9.83. The van der Waals surface area contributed by atoms with E-state index in [4.69, 9.17) is 5.73 Å². The molecule has 0 bridgehead atoms. The third-order valence-corrected chi connectivity index (χ3v) is 6.48. The number of carboxylic acids is 1. The maximum atomic E-state index is 13.4. The number of rotatable bonds is 12. The van der Waals surface area contributed by atoms with E-state index in [0.29, 0.717) is 25.0 Å². The van der Waals surface area contributed by atoms with Gasteiger partial charge in [-0.1, -0.05) is 26.0 Å². The summed E-state index contributed by atoms with van der Waals surface area (Å²) >= 11 is 0. The summed E-state index contributed by atoms with van der Waals surface area (Å²) in [6.07, 6.45) is 4.46. The van der Waals surface area contributed by atoms with Crippen LogP contribution in [0.3, 0.4) is 0 Å². The second kappa shape index (κ2) is 13.0. The number of phenols is 1. The minimum atomic E-state index is -1.09. The zero-order chi connectivity index (χ0) is 27.8. The highest BCUT2D eigenvalue weighted by Crippen LogP contribution is 2.20. The molecule has 7 N–H and O–H groups in total. The second-order valence-electron chi connectivity index (χ2n) is 10.0. The molecule has 4 unspecified atom stereocenters. The van der Waals surface area contributed by atoms with E-state index in [9.17, 15) is 29.4 Å². The summed E-state index contributed by atoms with van der Waals surface area (Å²) in [5.74, 6) is -2.54. The molecule has 0 spiro atoms. The number of carbonyl (C=O) groups excluding carboxylic acids is 3. The van der Waals surface area contributed by atoms with Gasteiger partial charge in [-0.25, -0.2) is 9.78 Å². The number of amides is 3. The highest BCUT2D eigenvalue weighted by Gasteiger charge is 2.38. The van der Waals surface area contributed by atoms with E-state index in [1.165, 1.54) is 29.6 Å². The Hall–Kier alpha value is -3.93. The van der Waals surface area contributed by atoms with Crippen molar-refractivity contribution in [3.63, 3.8) is 0 Å². The van der Waals surface area contributed by atoms with Gasteiger partial charge < -0.3 is 36.5 Å². The molecule has 1 fully saturated rings. The van der Waals surface area contributed by atoms with Gasteiger partial charge in [0.1, 0.15) is 23.9 Å². The first-order chi connectivity index (χ1) is 18.0. The lowest BCUT2D eigenvalue weighted by atomic mass is 10.0. The van der Waals surface area contributed by atoms with Gasteiger partial charge in [-0.15, -0.1) is 0 Å². The lowest BCUT2D eigenvalue weighted by molar-refractivity contribution is -0.149. The van der Waals surface area contributed by atoms with Crippen LogP contribution in [-0.2, 0) is 32.0 Å². The molecule has 4 atom stereocenters. The van der Waals surface area contributed by atoms with Crippen LogP contribution in [0.1, 0.15) is 44.4 Å². The lowest BCUT2D eigenvalue weighted by Crippen LogP contribution is -2.58. The first-order valence-corrected chi connectivity index (χ1v) is 12.7. The third kappa shape index (κ3) is 7.78. The predicted octanol–water partition coefficient (Wildman–Crippen LogP) is 0.319. The molecule has 38 heavy (non-hydrogen) atoms. The number of H-pyrrole nitrogens is 1. The smallest absolute Gasteiger partial charge is 0.326 e. The van der Waals surface area contributed by atoms with Crippen molar-refractivity contribution in [3.8, 4) is 5.75 Å². The third-order valence-electron chi connectivity index (χ3n) is 6.48. The molecule has 0 radical (unpaired) electrons. The van der Waals surface area contributed by atoms with Gasteiger partial charge in [-0.3, -0.25) is 14.4 Å². The molecule has 0 aliphatic carbocycles. The topological polar surface area (TPSA) is 191 Å². The number of carbonyl (C=O) groups is 4. The van der Waals surface area contributed by atoms with Crippen LogP contribution in [0.2, 0.25) is 0 Å². The van der Waals surface area contributed by atoms with Crippen LogP contribution in [0.4, 0.5) is 0 Å². The highest BCUT2D eigenvalue weighted by atomic mass is 16.4. The average molecular weight is 529 g/mol. The van der Waals surface area contributed by atoms with Crippen LogP contribution < -0.4 is 16.4 Å². The fraction of sp³-hybridized carbons (Fsp3) is 0.500. The SMILES string of the molecule is CC(C)CC(NC(=O)C(N)Cc1ccc(O)cc1)C(=O)NC(Cc1cnc[nH]1)C(=O)N1CCCC1C(=O)O. The maximum Gasteiger partial charge on any atom is 0.326 e. The minimum Gasteiger partial charge on any atom is -0.508 e. The zero-order valence-corrected chi connectivity index (χ0v) is 21.6. The van der Waals surface area contributed by atoms with E-state index < -0.39 is 47.9 Å². The van der Waals surface area contributed by atoms with Crippen molar-refractivity contribution in [1.29, 1.82) is 0 Å². The Morgan fingerprint density at radius 3 is 2.39 bits per heavy atom. The van der Waals surface area contributed by atoms with Crippen LogP contribution >= 0.6 is 0 Å². The monoisotopic (exact) mass is 528 g/mol. The van der Waals surface area contributed by atoms with Crippen LogP contribution in [0, 0.1) is 5.92 Å². The quantitative estimate of drug-likeness (QED) is 0.227. The number of benzene rings is 1. The Morgan fingerprint density at radius 1 is 1.11 bits per heavy atom. The van der Waals surface area contributed by atoms with Crippen molar-refractivity contribution in [3.05, 3.63) is 48.0 Å². The number of aromatic amines is 1. The maximum absolute atomic E-state index is 13.4. The normalized spacial score (nSPS) is 17.6. The number of hydrogen-bond donors (Lipinski definition) is 6. The molecule has 3 rings (SSSR count). The van der Waals surface area contributed by atoms with Gasteiger partial charge in [0.15, 0.2) is 0 Å². The number of aromatic nitrogens is 2. The Balaban J connectivity index is 1.73. The first kappa shape index (κ1) is 28.6. The number of aliphatic carboxylic acids is 1. The van der Waals surface area contributed by atoms with Gasteiger partial charge in [0.25, 0.3) is 0 Å². The molecule has 1 aromatic carbocycles. The van der Waals surface area contributed by atoms with Crippen molar-refractivity contribution in [2.45, 2.75) is 70.1 Å². The van der Waals surface area contributed by atoms with Crippen molar-refractivity contribution >= 4 is 23.7 Å². The summed E-state index contributed by atoms with van der Waals surface area (Å²) in [6, 6.07) is 2.42. The second-order valence-corrected chi connectivity index (χ2v) is 10.0. The largest absolute Gasteiger partial charge is 0.508 e. The van der Waals surface area contributed by atoms with Gasteiger partial charge in [-0.05, 0) is 49.3 Å². The number of nitrogens with two attached hydrogens (primary N) is 1. The number of carboxylic acid groups (broad SMARTS) is 1. The zero-order valence-electron chi connectivity index (χ0n) is 21.6. The molecule has 12 heteroatoms. The van der Waals surface area contributed by atoms with Crippen molar-refractivity contribution in [1.82, 2.24) is 25.5 Å². The fourth-order valence-corrected chi connectivity index (χ4v) is 4.54. The summed E-state index contributed by atoms with van der Waals surface area (Å²) in [4.78, 5) is 59.5. The molecule has 1 aromatic heterocycles. The number of likely N-dealkylation sites (tertiary alicyclic amines) is 1. The van der Waals surface area contributed by atoms with Gasteiger partial charge >= 0.3 is 5.97 Å². The highest BCUT2D eigenvalue weighted by molar-refractivity contribution is 5.94. The molecule has 206 valence electrons. The van der Waals surface area contributed by atoms with Gasteiger partial charge in [0.05, 0.1) is 12.4 Å². The van der Waals surface area contributed by atoms with Crippen LogP contribution in [0.25, 0.3) is 0 Å². The van der Waals surface area contributed by atoms with E-state index in [1.807, 2.05) is 13.8 Å². The molecule has 1 aliphatic rings. The van der Waals surface area contributed by atoms with Crippen LogP contribution in [0.15, 0.2) is 36.8 Å². The number of phenolic OH excluding ortho intramolecular Hbond substituents is 1. The van der Waals surface area contributed by atoms with Crippen molar-refractivity contribution in [2.24, 2.45) is 11.7 Å². The standard InChI is InChI=1S/C26H36N6O6/c1-15(2)10-20(30-23(34)19(27)11-16-5-7-18(33)8-6-16)24(35)31-21(12-17-13-28-14-29-17)25(36)32-9-3-4-22(32)26(37)38/h5-8,13-15,19-22,33H,3-4,9-12,27H2,1-2H3,(H,28,29)(H,30,34)(H,31,35)(H,37,38). The van der Waals surface area contributed by atoms with Gasteiger partial charge in [0, 0.05) is 24.9 Å². The summed E-state index contributed by atoms with van der Waals surface area (Å²) in [6.45, 7) is 4.08. The number of imidazole rings is 1. The average Bonchev–Trinajstić information content (AvgIpc) is 3.56. The van der Waals surface area contributed by atoms with Gasteiger partial charge in [-0.2, -0.15) is 0 Å².